The summed E-state index contributed by atoms with van der Waals surface area (Å²) in [5.74, 6) is 0.874. The standard InChI is InChI=1S/C70H136O17P2/c1-9-62(7)48-40-32-24-19-21-27-36-44-52-69(74)86-65(56-81-68(73)51-43-35-26-20-18-23-31-39-47-61(5)6)58-84-88(76,77)82-54-64(71)55-83-89(78,79)85-59-66(87-70(75)53-45-37-29-28-33-41-49-63(8)10-2)57-80-67(72)50-42-34-25-17-15-13-11-12-14-16-22-30-38-46-60(3)4/h60-66,71H,9-59H2,1-8H3,(H,76,77)(H,78,79)/t62?,63?,64?,65-,66-/m1/s1. The van der Waals surface area contributed by atoms with Gasteiger partial charge in [-0.05, 0) is 49.4 Å². The van der Waals surface area contributed by atoms with Gasteiger partial charge < -0.3 is 33.8 Å². The predicted octanol–water partition coefficient (Wildman–Crippen LogP) is 19.7. The molecule has 0 aliphatic rings. The first kappa shape index (κ1) is 87.1. The summed E-state index contributed by atoms with van der Waals surface area (Å²) < 4.78 is 68.3. The number of ether oxygens (including phenoxy) is 4. The maximum Gasteiger partial charge on any atom is 0.472 e. The molecule has 3 N–H and O–H groups in total. The SMILES string of the molecule is CCC(C)CCCCCCCCCCC(=O)O[C@H](COC(=O)CCCCCCCCCCC(C)C)COP(=O)(O)OCC(O)COP(=O)(O)OC[C@@H](COC(=O)CCCCCCCCCCCCCCCC(C)C)OC(=O)CCCCCCCCC(C)CC. The van der Waals surface area contributed by atoms with Crippen molar-refractivity contribution in [3.8, 4) is 0 Å². The molecule has 0 aromatic rings. The number of hydrogen-bond acceptors (Lipinski definition) is 15. The van der Waals surface area contributed by atoms with E-state index in [1.54, 1.807) is 0 Å². The number of phosphoric acid groups is 2. The highest BCUT2D eigenvalue weighted by molar-refractivity contribution is 7.47. The molecule has 17 nitrogen and oxygen atoms in total. The Kier molecular flexibility index (Phi) is 58.5. The molecule has 528 valence electrons. The molecule has 0 aliphatic heterocycles. The van der Waals surface area contributed by atoms with Crippen molar-refractivity contribution < 1.29 is 80.2 Å². The summed E-state index contributed by atoms with van der Waals surface area (Å²) in [6.45, 7) is 14.1. The molecule has 0 saturated heterocycles. The van der Waals surface area contributed by atoms with Crippen molar-refractivity contribution in [3.63, 3.8) is 0 Å². The van der Waals surface area contributed by atoms with Gasteiger partial charge in [0.2, 0.25) is 0 Å². The van der Waals surface area contributed by atoms with E-state index in [-0.39, 0.29) is 25.7 Å². The second-order valence-electron chi connectivity index (χ2n) is 26.7. The summed E-state index contributed by atoms with van der Waals surface area (Å²) >= 11 is 0. The summed E-state index contributed by atoms with van der Waals surface area (Å²) in [7, 11) is -9.90. The minimum Gasteiger partial charge on any atom is -0.462 e. The van der Waals surface area contributed by atoms with Crippen molar-refractivity contribution >= 4 is 39.5 Å². The number of rotatable bonds is 67. The van der Waals surface area contributed by atoms with Gasteiger partial charge >= 0.3 is 39.5 Å². The fourth-order valence-corrected chi connectivity index (χ4v) is 12.0. The van der Waals surface area contributed by atoms with Crippen molar-refractivity contribution in [2.24, 2.45) is 23.7 Å². The topological polar surface area (TPSA) is 237 Å². The van der Waals surface area contributed by atoms with Crippen LogP contribution in [-0.4, -0.2) is 96.7 Å². The zero-order valence-corrected chi connectivity index (χ0v) is 59.8. The summed E-state index contributed by atoms with van der Waals surface area (Å²) in [4.78, 5) is 72.5. The second-order valence-corrected chi connectivity index (χ2v) is 29.6. The maximum absolute atomic E-state index is 13.0. The van der Waals surface area contributed by atoms with Crippen LogP contribution in [0.2, 0.25) is 0 Å². The van der Waals surface area contributed by atoms with Crippen LogP contribution >= 0.6 is 15.6 Å². The highest BCUT2D eigenvalue weighted by Crippen LogP contribution is 2.45. The van der Waals surface area contributed by atoms with Crippen molar-refractivity contribution in [3.05, 3.63) is 0 Å². The van der Waals surface area contributed by atoms with Crippen LogP contribution in [0, 0.1) is 23.7 Å². The highest BCUT2D eigenvalue weighted by Gasteiger charge is 2.30. The second kappa shape index (κ2) is 59.8. The van der Waals surface area contributed by atoms with E-state index in [4.69, 9.17) is 37.0 Å². The molecule has 0 aromatic heterocycles. The Morgan fingerprint density at radius 1 is 0.315 bits per heavy atom. The van der Waals surface area contributed by atoms with Crippen LogP contribution in [0.5, 0.6) is 0 Å². The quantitative estimate of drug-likeness (QED) is 0.0222. The van der Waals surface area contributed by atoms with E-state index in [9.17, 15) is 43.2 Å². The van der Waals surface area contributed by atoms with Crippen LogP contribution in [0.1, 0.15) is 344 Å². The van der Waals surface area contributed by atoms with Crippen LogP contribution in [0.25, 0.3) is 0 Å². The van der Waals surface area contributed by atoms with E-state index in [1.807, 2.05) is 0 Å². The third-order valence-corrected chi connectivity index (χ3v) is 18.7. The lowest BCUT2D eigenvalue weighted by Crippen LogP contribution is -2.30. The summed E-state index contributed by atoms with van der Waals surface area (Å²) in [6.07, 6.45) is 41.7. The van der Waals surface area contributed by atoms with Crippen molar-refractivity contribution in [1.82, 2.24) is 0 Å². The van der Waals surface area contributed by atoms with Gasteiger partial charge in [0.25, 0.3) is 0 Å². The maximum atomic E-state index is 13.0. The van der Waals surface area contributed by atoms with Gasteiger partial charge in [-0.3, -0.25) is 37.3 Å². The molecule has 0 amide bonds. The first-order chi connectivity index (χ1) is 42.7. The lowest BCUT2D eigenvalue weighted by molar-refractivity contribution is -0.161. The zero-order chi connectivity index (χ0) is 66.1. The van der Waals surface area contributed by atoms with E-state index in [0.717, 1.165) is 114 Å². The molecular formula is C70H136O17P2. The molecule has 0 aromatic carbocycles. The third-order valence-electron chi connectivity index (χ3n) is 16.8. The summed E-state index contributed by atoms with van der Waals surface area (Å²) in [6, 6.07) is 0. The highest BCUT2D eigenvalue weighted by atomic mass is 31.2. The molecule has 0 heterocycles. The van der Waals surface area contributed by atoms with Crippen molar-refractivity contribution in [2.45, 2.75) is 363 Å². The lowest BCUT2D eigenvalue weighted by atomic mass is 9.99. The molecule has 0 saturated carbocycles. The number of aliphatic hydroxyl groups is 1. The Morgan fingerprint density at radius 3 is 0.798 bits per heavy atom. The fourth-order valence-electron chi connectivity index (χ4n) is 10.4. The Hall–Kier alpha value is -1.94. The van der Waals surface area contributed by atoms with Crippen LogP contribution in [0.3, 0.4) is 0 Å². The Balaban J connectivity index is 5.23. The Labute approximate surface area is 543 Å². The van der Waals surface area contributed by atoms with E-state index < -0.39 is 97.5 Å². The smallest absolute Gasteiger partial charge is 0.462 e. The molecule has 0 radical (unpaired) electrons. The number of phosphoric ester groups is 2. The van der Waals surface area contributed by atoms with Crippen molar-refractivity contribution in [2.75, 3.05) is 39.6 Å². The summed E-state index contributed by atoms with van der Waals surface area (Å²) in [5, 5.41) is 10.6. The number of esters is 4. The number of carbonyl (C=O) groups is 4. The average molecular weight is 1310 g/mol. The van der Waals surface area contributed by atoms with Gasteiger partial charge in [-0.25, -0.2) is 9.13 Å². The number of unbranched alkanes of at least 4 members (excludes halogenated alkanes) is 31. The molecule has 89 heavy (non-hydrogen) atoms. The minimum absolute atomic E-state index is 0.102. The lowest BCUT2D eigenvalue weighted by Gasteiger charge is -2.21. The van der Waals surface area contributed by atoms with E-state index in [2.05, 4.69) is 55.4 Å². The molecule has 19 heteroatoms. The van der Waals surface area contributed by atoms with Gasteiger partial charge in [0.05, 0.1) is 26.4 Å². The first-order valence-electron chi connectivity index (χ1n) is 36.3. The van der Waals surface area contributed by atoms with Crippen LogP contribution in [0.15, 0.2) is 0 Å². The number of carbonyl (C=O) groups excluding carboxylic acids is 4. The molecule has 0 bridgehead atoms. The monoisotopic (exact) mass is 1310 g/mol. The molecule has 7 atom stereocenters. The molecule has 0 spiro atoms. The van der Waals surface area contributed by atoms with Gasteiger partial charge in [-0.1, -0.05) is 293 Å². The molecule has 5 unspecified atom stereocenters. The normalized spacial score (nSPS) is 14.9. The molecule has 0 aliphatic carbocycles. The van der Waals surface area contributed by atoms with Crippen molar-refractivity contribution in [1.29, 1.82) is 0 Å². The van der Waals surface area contributed by atoms with Crippen LogP contribution in [0.4, 0.5) is 0 Å². The summed E-state index contributed by atoms with van der Waals surface area (Å²) in [5.41, 5.74) is 0. The number of aliphatic hydroxyl groups excluding tert-OH is 1. The molecule has 0 rings (SSSR count). The van der Waals surface area contributed by atoms with Crippen LogP contribution in [-0.2, 0) is 65.4 Å². The van der Waals surface area contributed by atoms with Gasteiger partial charge in [0, 0.05) is 25.7 Å². The van der Waals surface area contributed by atoms with Gasteiger partial charge in [-0.2, -0.15) is 0 Å². The van der Waals surface area contributed by atoms with E-state index in [0.29, 0.717) is 25.7 Å². The largest absolute Gasteiger partial charge is 0.472 e. The first-order valence-corrected chi connectivity index (χ1v) is 39.3. The van der Waals surface area contributed by atoms with Gasteiger partial charge in [0.15, 0.2) is 12.2 Å². The van der Waals surface area contributed by atoms with Gasteiger partial charge in [-0.15, -0.1) is 0 Å². The molecule has 0 fully saturated rings. The molecular weight excluding hydrogens is 1170 g/mol. The van der Waals surface area contributed by atoms with Crippen LogP contribution < -0.4 is 0 Å². The van der Waals surface area contributed by atoms with Gasteiger partial charge in [0.1, 0.15) is 19.3 Å². The minimum atomic E-state index is -4.95. The number of hydrogen-bond donors (Lipinski definition) is 3. The van der Waals surface area contributed by atoms with E-state index >= 15 is 0 Å². The average Bonchev–Trinajstić information content (AvgIpc) is 3.71. The Bertz CT molecular complexity index is 1770. The predicted molar refractivity (Wildman–Crippen MR) is 358 cm³/mol. The van der Waals surface area contributed by atoms with E-state index in [1.165, 1.54) is 148 Å². The third kappa shape index (κ3) is 62.0. The zero-order valence-electron chi connectivity index (χ0n) is 58.1. The fraction of sp³-hybridized carbons (Fsp3) is 0.943. The Morgan fingerprint density at radius 2 is 0.539 bits per heavy atom.